The van der Waals surface area contributed by atoms with Gasteiger partial charge in [0.1, 0.15) is 0 Å². The van der Waals surface area contributed by atoms with Gasteiger partial charge in [-0.2, -0.15) is 0 Å². The van der Waals surface area contributed by atoms with Crippen LogP contribution in [0, 0.1) is 0 Å². The van der Waals surface area contributed by atoms with Crippen LogP contribution in [0.25, 0.3) is 0 Å². The standard InChI is InChI=1S/C29H42O3/c1-3-4-5-6-7-8-9-10-11-12-13-14-15-16-17-22-26(30)27-23(2)28(31)24-20-18-19-21-25(24)29(27)32/h18-21H,3-17,22H2,1-2H3. The maximum Gasteiger partial charge on any atom is 0.197 e. The Kier molecular flexibility index (Phi) is 12.2. The van der Waals surface area contributed by atoms with Gasteiger partial charge in [0.15, 0.2) is 17.3 Å². The molecule has 1 aromatic carbocycles. The van der Waals surface area contributed by atoms with Crippen LogP contribution in [0.4, 0.5) is 0 Å². The third kappa shape index (κ3) is 8.15. The first-order valence-electron chi connectivity index (χ1n) is 13.0. The van der Waals surface area contributed by atoms with Crippen molar-refractivity contribution in [3.05, 3.63) is 46.5 Å². The molecule has 0 fully saturated rings. The van der Waals surface area contributed by atoms with Crippen molar-refractivity contribution in [1.29, 1.82) is 0 Å². The molecule has 0 saturated heterocycles. The van der Waals surface area contributed by atoms with E-state index in [1.54, 1.807) is 31.2 Å². The highest BCUT2D eigenvalue weighted by Crippen LogP contribution is 2.27. The van der Waals surface area contributed by atoms with Gasteiger partial charge in [0.25, 0.3) is 0 Å². The van der Waals surface area contributed by atoms with Gasteiger partial charge in [0.05, 0.1) is 5.57 Å². The number of hydrogen-bond donors (Lipinski definition) is 0. The van der Waals surface area contributed by atoms with Crippen LogP contribution < -0.4 is 0 Å². The van der Waals surface area contributed by atoms with E-state index in [4.69, 9.17) is 0 Å². The van der Waals surface area contributed by atoms with Crippen LogP contribution >= 0.6 is 0 Å². The summed E-state index contributed by atoms with van der Waals surface area (Å²) in [5, 5.41) is 0. The Morgan fingerprint density at radius 3 is 1.50 bits per heavy atom. The lowest BCUT2D eigenvalue weighted by Gasteiger charge is -2.18. The topological polar surface area (TPSA) is 51.2 Å². The van der Waals surface area contributed by atoms with E-state index in [9.17, 15) is 14.4 Å². The summed E-state index contributed by atoms with van der Waals surface area (Å²) in [6.45, 7) is 3.87. The minimum absolute atomic E-state index is 0.110. The molecule has 0 atom stereocenters. The normalized spacial score (nSPS) is 13.6. The zero-order valence-electron chi connectivity index (χ0n) is 20.3. The molecule has 0 aromatic heterocycles. The summed E-state index contributed by atoms with van der Waals surface area (Å²) in [4.78, 5) is 37.9. The minimum Gasteiger partial charge on any atom is -0.294 e. The second kappa shape index (κ2) is 14.9. The van der Waals surface area contributed by atoms with Crippen LogP contribution in [0.5, 0.6) is 0 Å². The van der Waals surface area contributed by atoms with Crippen LogP contribution in [0.15, 0.2) is 35.4 Å². The highest BCUT2D eigenvalue weighted by Gasteiger charge is 2.32. The molecule has 0 aliphatic heterocycles. The lowest BCUT2D eigenvalue weighted by atomic mass is 9.82. The minimum atomic E-state index is -0.288. The molecule has 1 aromatic rings. The summed E-state index contributed by atoms with van der Waals surface area (Å²) in [5.41, 5.74) is 1.19. The highest BCUT2D eigenvalue weighted by atomic mass is 16.2. The molecule has 32 heavy (non-hydrogen) atoms. The number of benzene rings is 1. The molecule has 3 heteroatoms. The predicted molar refractivity (Wildman–Crippen MR) is 132 cm³/mol. The fraction of sp³-hybridized carbons (Fsp3) is 0.621. The van der Waals surface area contributed by atoms with Crippen molar-refractivity contribution in [2.24, 2.45) is 0 Å². The number of Topliss-reactive ketones (excluding diaryl/α,β-unsaturated/α-hetero) is 3. The Hall–Kier alpha value is -2.03. The molecule has 0 N–H and O–H groups in total. The molecule has 3 nitrogen and oxygen atoms in total. The van der Waals surface area contributed by atoms with Crippen LogP contribution in [-0.4, -0.2) is 17.3 Å². The smallest absolute Gasteiger partial charge is 0.197 e. The summed E-state index contributed by atoms with van der Waals surface area (Å²) in [6.07, 6.45) is 19.5. The van der Waals surface area contributed by atoms with Crippen molar-refractivity contribution >= 4 is 17.3 Å². The molecule has 0 saturated carbocycles. The number of hydrogen-bond acceptors (Lipinski definition) is 3. The van der Waals surface area contributed by atoms with E-state index in [1.165, 1.54) is 77.0 Å². The fourth-order valence-electron chi connectivity index (χ4n) is 4.62. The molecule has 0 heterocycles. The summed E-state index contributed by atoms with van der Waals surface area (Å²) in [5.74, 6) is -0.659. The SMILES string of the molecule is CCCCCCCCCCCCCCCCCC(=O)C1=C(C)C(=O)c2ccccc2C1=O. The van der Waals surface area contributed by atoms with E-state index < -0.39 is 0 Å². The van der Waals surface area contributed by atoms with Gasteiger partial charge in [-0.05, 0) is 13.3 Å². The molecular weight excluding hydrogens is 396 g/mol. The summed E-state index contributed by atoms with van der Waals surface area (Å²) in [6, 6.07) is 6.79. The number of fused-ring (bicyclic) bond motifs is 1. The van der Waals surface area contributed by atoms with Gasteiger partial charge in [-0.15, -0.1) is 0 Å². The first kappa shape index (κ1) is 26.2. The first-order valence-corrected chi connectivity index (χ1v) is 13.0. The molecule has 0 amide bonds. The number of carbonyl (C=O) groups is 3. The molecule has 0 bridgehead atoms. The monoisotopic (exact) mass is 438 g/mol. The average Bonchev–Trinajstić information content (AvgIpc) is 2.80. The molecule has 0 unspecified atom stereocenters. The maximum atomic E-state index is 12.7. The van der Waals surface area contributed by atoms with Crippen LogP contribution in [0.2, 0.25) is 0 Å². The highest BCUT2D eigenvalue weighted by molar-refractivity contribution is 6.36. The van der Waals surface area contributed by atoms with Gasteiger partial charge in [-0.3, -0.25) is 14.4 Å². The number of allylic oxidation sites excluding steroid dienone is 2. The lowest BCUT2D eigenvalue weighted by Crippen LogP contribution is -2.25. The molecule has 1 aliphatic carbocycles. The Labute approximate surface area is 195 Å². The van der Waals surface area contributed by atoms with Gasteiger partial charge in [0, 0.05) is 23.1 Å². The molecule has 176 valence electrons. The van der Waals surface area contributed by atoms with Crippen LogP contribution in [-0.2, 0) is 4.79 Å². The predicted octanol–water partition coefficient (Wildman–Crippen LogP) is 8.21. The third-order valence-electron chi connectivity index (χ3n) is 6.65. The molecular formula is C29H42O3. The van der Waals surface area contributed by atoms with E-state index >= 15 is 0 Å². The van der Waals surface area contributed by atoms with Gasteiger partial charge >= 0.3 is 0 Å². The Morgan fingerprint density at radius 1 is 0.625 bits per heavy atom. The maximum absolute atomic E-state index is 12.7. The Balaban J connectivity index is 1.54. The van der Waals surface area contributed by atoms with E-state index in [-0.39, 0.29) is 22.9 Å². The molecule has 1 aliphatic rings. The van der Waals surface area contributed by atoms with Gasteiger partial charge in [0.2, 0.25) is 0 Å². The molecule has 0 spiro atoms. The van der Waals surface area contributed by atoms with E-state index in [0.717, 1.165) is 19.3 Å². The number of carbonyl (C=O) groups excluding carboxylic acids is 3. The van der Waals surface area contributed by atoms with Crippen LogP contribution in [0.1, 0.15) is 137 Å². The lowest BCUT2D eigenvalue weighted by molar-refractivity contribution is -0.115. The van der Waals surface area contributed by atoms with Gasteiger partial charge < -0.3 is 0 Å². The van der Waals surface area contributed by atoms with Crippen molar-refractivity contribution in [2.45, 2.75) is 117 Å². The average molecular weight is 439 g/mol. The zero-order chi connectivity index (χ0) is 23.2. The third-order valence-corrected chi connectivity index (χ3v) is 6.65. The number of ketones is 3. The van der Waals surface area contributed by atoms with Crippen molar-refractivity contribution in [3.63, 3.8) is 0 Å². The summed E-state index contributed by atoms with van der Waals surface area (Å²) in [7, 11) is 0. The summed E-state index contributed by atoms with van der Waals surface area (Å²) >= 11 is 0. The first-order chi connectivity index (χ1) is 15.6. The second-order valence-corrected chi connectivity index (χ2v) is 9.33. The largest absolute Gasteiger partial charge is 0.294 e. The fourth-order valence-corrected chi connectivity index (χ4v) is 4.62. The van der Waals surface area contributed by atoms with E-state index in [1.807, 2.05) is 0 Å². The van der Waals surface area contributed by atoms with Crippen molar-refractivity contribution in [2.75, 3.05) is 0 Å². The number of rotatable bonds is 17. The van der Waals surface area contributed by atoms with E-state index in [2.05, 4.69) is 6.92 Å². The van der Waals surface area contributed by atoms with E-state index in [0.29, 0.717) is 23.1 Å². The van der Waals surface area contributed by atoms with Crippen molar-refractivity contribution < 1.29 is 14.4 Å². The van der Waals surface area contributed by atoms with Crippen LogP contribution in [0.3, 0.4) is 0 Å². The van der Waals surface area contributed by atoms with Gasteiger partial charge in [-0.25, -0.2) is 0 Å². The second-order valence-electron chi connectivity index (χ2n) is 9.33. The van der Waals surface area contributed by atoms with Gasteiger partial charge in [-0.1, -0.05) is 121 Å². The van der Waals surface area contributed by atoms with Crippen molar-refractivity contribution in [1.82, 2.24) is 0 Å². The molecule has 2 rings (SSSR count). The summed E-state index contributed by atoms with van der Waals surface area (Å²) < 4.78 is 0. The zero-order valence-corrected chi connectivity index (χ0v) is 20.3. The van der Waals surface area contributed by atoms with Crippen molar-refractivity contribution in [3.8, 4) is 0 Å². The Morgan fingerprint density at radius 2 is 1.03 bits per heavy atom. The molecule has 0 radical (unpaired) electrons. The Bertz CT molecular complexity index is 787. The quantitative estimate of drug-likeness (QED) is 0.182. The number of unbranched alkanes of at least 4 members (excludes halogenated alkanes) is 14.